The van der Waals surface area contributed by atoms with Crippen molar-refractivity contribution in [3.63, 3.8) is 0 Å². The SMILES string of the molecule is C#COc1cc(C)nc(C(C)=O)c1. The average Bonchev–Trinajstić information content (AvgIpc) is 2.03. The predicted octanol–water partition coefficient (Wildman–Crippen LogP) is 1.56. The fourth-order valence-electron chi connectivity index (χ4n) is 0.944. The van der Waals surface area contributed by atoms with E-state index in [4.69, 9.17) is 11.2 Å². The number of ether oxygens (including phenoxy) is 1. The first kappa shape index (κ1) is 9.27. The smallest absolute Gasteiger partial charge is 0.178 e. The third kappa shape index (κ3) is 2.31. The van der Waals surface area contributed by atoms with Gasteiger partial charge in [-0.25, -0.2) is 4.98 Å². The van der Waals surface area contributed by atoms with Crippen LogP contribution >= 0.6 is 0 Å². The minimum Gasteiger partial charge on any atom is -0.408 e. The summed E-state index contributed by atoms with van der Waals surface area (Å²) in [6.07, 6.45) is 7.00. The number of hydrogen-bond donors (Lipinski definition) is 0. The van der Waals surface area contributed by atoms with Gasteiger partial charge in [-0.05, 0) is 6.92 Å². The minimum absolute atomic E-state index is 0.106. The van der Waals surface area contributed by atoms with Gasteiger partial charge in [0.15, 0.2) is 5.78 Å². The van der Waals surface area contributed by atoms with E-state index >= 15 is 0 Å². The summed E-state index contributed by atoms with van der Waals surface area (Å²) in [6, 6.07) is 3.20. The van der Waals surface area contributed by atoms with E-state index in [1.54, 1.807) is 13.0 Å². The average molecular weight is 175 g/mol. The van der Waals surface area contributed by atoms with Gasteiger partial charge in [0.1, 0.15) is 17.5 Å². The van der Waals surface area contributed by atoms with E-state index in [-0.39, 0.29) is 5.78 Å². The Morgan fingerprint density at radius 3 is 2.85 bits per heavy atom. The number of aromatic nitrogens is 1. The maximum absolute atomic E-state index is 11.0. The summed E-state index contributed by atoms with van der Waals surface area (Å²) in [7, 11) is 0. The molecule has 0 aliphatic rings. The standard InChI is InChI=1S/C10H9NO2/c1-4-13-9-5-7(2)11-10(6-9)8(3)12/h1,5-6H,2-3H3. The van der Waals surface area contributed by atoms with Crippen LogP contribution in [0.4, 0.5) is 0 Å². The molecule has 0 aliphatic heterocycles. The van der Waals surface area contributed by atoms with Crippen LogP contribution < -0.4 is 4.74 Å². The van der Waals surface area contributed by atoms with E-state index in [0.29, 0.717) is 17.1 Å². The van der Waals surface area contributed by atoms with Gasteiger partial charge in [-0.15, -0.1) is 0 Å². The van der Waals surface area contributed by atoms with E-state index in [1.807, 2.05) is 6.11 Å². The molecule has 1 heterocycles. The first-order valence-corrected chi connectivity index (χ1v) is 3.75. The zero-order valence-corrected chi connectivity index (χ0v) is 7.50. The number of ketones is 1. The van der Waals surface area contributed by atoms with Gasteiger partial charge in [-0.1, -0.05) is 6.42 Å². The van der Waals surface area contributed by atoms with Gasteiger partial charge in [0, 0.05) is 24.8 Å². The summed E-state index contributed by atoms with van der Waals surface area (Å²) in [5.41, 5.74) is 1.07. The molecule has 66 valence electrons. The van der Waals surface area contributed by atoms with Crippen molar-refractivity contribution in [2.24, 2.45) is 0 Å². The summed E-state index contributed by atoms with van der Waals surface area (Å²) in [4.78, 5) is 15.0. The molecule has 1 aromatic heterocycles. The van der Waals surface area contributed by atoms with Crippen LogP contribution in [0.5, 0.6) is 5.75 Å². The van der Waals surface area contributed by atoms with Crippen molar-refractivity contribution < 1.29 is 9.53 Å². The second-order valence-corrected chi connectivity index (χ2v) is 2.61. The molecule has 0 radical (unpaired) electrons. The fraction of sp³-hybridized carbons (Fsp3) is 0.200. The van der Waals surface area contributed by atoms with Crippen LogP contribution in [-0.4, -0.2) is 10.8 Å². The zero-order chi connectivity index (χ0) is 9.84. The monoisotopic (exact) mass is 175 g/mol. The van der Waals surface area contributed by atoms with Crippen LogP contribution in [0, 0.1) is 19.5 Å². The second kappa shape index (κ2) is 3.72. The van der Waals surface area contributed by atoms with Crippen LogP contribution in [0.15, 0.2) is 12.1 Å². The van der Waals surface area contributed by atoms with Crippen molar-refractivity contribution in [2.75, 3.05) is 0 Å². The van der Waals surface area contributed by atoms with E-state index in [1.165, 1.54) is 13.0 Å². The molecular formula is C10H9NO2. The molecule has 0 unspecified atom stereocenters. The van der Waals surface area contributed by atoms with Crippen molar-refractivity contribution >= 4 is 5.78 Å². The molecular weight excluding hydrogens is 166 g/mol. The summed E-state index contributed by atoms with van der Waals surface area (Å²) < 4.78 is 4.81. The number of rotatable bonds is 2. The Labute approximate surface area is 76.8 Å². The maximum Gasteiger partial charge on any atom is 0.178 e. The second-order valence-electron chi connectivity index (χ2n) is 2.61. The van der Waals surface area contributed by atoms with Crippen molar-refractivity contribution in [3.05, 3.63) is 23.5 Å². The Kier molecular flexibility index (Phi) is 2.65. The molecule has 0 fully saturated rings. The van der Waals surface area contributed by atoms with E-state index < -0.39 is 0 Å². The predicted molar refractivity (Wildman–Crippen MR) is 48.4 cm³/mol. The molecule has 0 saturated heterocycles. The number of nitrogens with zero attached hydrogens (tertiary/aromatic N) is 1. The number of pyridine rings is 1. The topological polar surface area (TPSA) is 39.2 Å². The molecule has 0 atom stereocenters. The Balaban J connectivity index is 3.12. The van der Waals surface area contributed by atoms with Crippen molar-refractivity contribution in [1.29, 1.82) is 0 Å². The number of hydrogen-bond acceptors (Lipinski definition) is 3. The molecule has 0 aliphatic carbocycles. The summed E-state index contributed by atoms with van der Waals surface area (Å²) in [6.45, 7) is 3.22. The lowest BCUT2D eigenvalue weighted by Crippen LogP contribution is -1.99. The summed E-state index contributed by atoms with van der Waals surface area (Å²) in [5.74, 6) is 0.366. The van der Waals surface area contributed by atoms with Crippen molar-refractivity contribution in [2.45, 2.75) is 13.8 Å². The van der Waals surface area contributed by atoms with Crippen molar-refractivity contribution in [1.82, 2.24) is 4.98 Å². The van der Waals surface area contributed by atoms with E-state index in [9.17, 15) is 4.79 Å². The minimum atomic E-state index is -0.106. The first-order chi connectivity index (χ1) is 6.13. The normalized spacial score (nSPS) is 9.00. The Hall–Kier alpha value is -1.82. The van der Waals surface area contributed by atoms with E-state index in [0.717, 1.165) is 0 Å². The Morgan fingerprint density at radius 1 is 1.62 bits per heavy atom. The van der Waals surface area contributed by atoms with Gasteiger partial charge in [0.2, 0.25) is 0 Å². The van der Waals surface area contributed by atoms with Gasteiger partial charge in [-0.3, -0.25) is 4.79 Å². The zero-order valence-electron chi connectivity index (χ0n) is 7.50. The Morgan fingerprint density at radius 2 is 2.31 bits per heavy atom. The quantitative estimate of drug-likeness (QED) is 0.505. The number of Topliss-reactive ketones (excluding diaryl/α,β-unsaturated/α-hetero) is 1. The molecule has 1 aromatic rings. The highest BCUT2D eigenvalue weighted by Gasteiger charge is 2.04. The molecule has 0 aromatic carbocycles. The lowest BCUT2D eigenvalue weighted by atomic mass is 10.2. The molecule has 1 rings (SSSR count). The Bertz CT molecular complexity index is 377. The largest absolute Gasteiger partial charge is 0.408 e. The lowest BCUT2D eigenvalue weighted by molar-refractivity contribution is 0.101. The third-order valence-electron chi connectivity index (χ3n) is 1.46. The van der Waals surface area contributed by atoms with Gasteiger partial charge < -0.3 is 4.74 Å². The number of aryl methyl sites for hydroxylation is 1. The van der Waals surface area contributed by atoms with Crippen LogP contribution in [0.2, 0.25) is 0 Å². The molecule has 0 saturated carbocycles. The van der Waals surface area contributed by atoms with Gasteiger partial charge in [-0.2, -0.15) is 0 Å². The third-order valence-corrected chi connectivity index (χ3v) is 1.46. The molecule has 0 N–H and O–H groups in total. The summed E-state index contributed by atoms with van der Waals surface area (Å²) >= 11 is 0. The lowest BCUT2D eigenvalue weighted by Gasteiger charge is -2.01. The van der Waals surface area contributed by atoms with Crippen LogP contribution in [0.25, 0.3) is 0 Å². The van der Waals surface area contributed by atoms with Crippen LogP contribution in [-0.2, 0) is 0 Å². The van der Waals surface area contributed by atoms with E-state index in [2.05, 4.69) is 4.98 Å². The molecule has 0 bridgehead atoms. The number of carbonyl (C=O) groups is 1. The molecule has 0 amide bonds. The molecule has 3 nitrogen and oxygen atoms in total. The van der Waals surface area contributed by atoms with Gasteiger partial charge >= 0.3 is 0 Å². The van der Waals surface area contributed by atoms with Crippen LogP contribution in [0.3, 0.4) is 0 Å². The molecule has 13 heavy (non-hydrogen) atoms. The fourth-order valence-corrected chi connectivity index (χ4v) is 0.944. The highest BCUT2D eigenvalue weighted by molar-refractivity contribution is 5.92. The van der Waals surface area contributed by atoms with Crippen LogP contribution in [0.1, 0.15) is 23.1 Å². The van der Waals surface area contributed by atoms with Gasteiger partial charge in [0.05, 0.1) is 0 Å². The first-order valence-electron chi connectivity index (χ1n) is 3.75. The maximum atomic E-state index is 11.0. The summed E-state index contributed by atoms with van der Waals surface area (Å²) in [5, 5.41) is 0. The van der Waals surface area contributed by atoms with Crippen molar-refractivity contribution in [3.8, 4) is 18.3 Å². The van der Waals surface area contributed by atoms with Gasteiger partial charge in [0.25, 0.3) is 0 Å². The highest BCUT2D eigenvalue weighted by Crippen LogP contribution is 2.13. The molecule has 3 heteroatoms. The highest BCUT2D eigenvalue weighted by atomic mass is 16.5. The number of terminal acetylenes is 1. The number of carbonyl (C=O) groups excluding carboxylic acids is 1. The molecule has 0 spiro atoms.